The lowest BCUT2D eigenvalue weighted by Crippen LogP contribution is -2.26. The number of carbonyl (C=O) groups is 1. The van der Waals surface area contributed by atoms with E-state index in [-0.39, 0.29) is 0 Å². The number of carbonyl (C=O) groups excluding carboxylic acids is 1. The van der Waals surface area contributed by atoms with Crippen molar-refractivity contribution in [3.8, 4) is 0 Å². The molecule has 52 heavy (non-hydrogen) atoms. The zero-order valence-electron chi connectivity index (χ0n) is 33.3. The Hall–Kier alpha value is -1.77. The summed E-state index contributed by atoms with van der Waals surface area (Å²) in [5, 5.41) is 4.68. The van der Waals surface area contributed by atoms with Gasteiger partial charge in [-0.05, 0) is 13.0 Å². The Labute approximate surface area is 314 Å². The predicted molar refractivity (Wildman–Crippen MR) is 201 cm³/mol. The summed E-state index contributed by atoms with van der Waals surface area (Å²) in [6.07, 6.45) is 5.42. The molecule has 0 aliphatic rings. The Bertz CT molecular complexity index is 710. The molecule has 0 amide bonds. The largest absolute Gasteiger partial charge is 0.400 e. The van der Waals surface area contributed by atoms with Gasteiger partial charge in [0.25, 0.3) is 0 Å². The number of hydrogen-bond donors (Lipinski definition) is 2. The van der Waals surface area contributed by atoms with Crippen LogP contribution in [0.5, 0.6) is 0 Å². The van der Waals surface area contributed by atoms with E-state index in [9.17, 15) is 4.79 Å². The number of aldehydes is 1. The number of allylic oxidation sites excluding steroid dienone is 1. The van der Waals surface area contributed by atoms with Crippen LogP contribution in [0.15, 0.2) is 24.0 Å². The van der Waals surface area contributed by atoms with Crippen molar-refractivity contribution >= 4 is 6.29 Å². The van der Waals surface area contributed by atoms with Gasteiger partial charge in [-0.25, -0.2) is 0 Å². The number of nitrogens with zero attached hydrogens (tertiary/aromatic N) is 1. The van der Waals surface area contributed by atoms with Gasteiger partial charge in [-0.2, -0.15) is 5.06 Å². The summed E-state index contributed by atoms with van der Waals surface area (Å²) in [6, 6.07) is 0. The Kier molecular flexibility index (Phi) is 56.2. The highest BCUT2D eigenvalue weighted by atomic mass is 16.7. The molecule has 0 bridgehead atoms. The molecule has 312 valence electrons. The van der Waals surface area contributed by atoms with Gasteiger partial charge in [-0.1, -0.05) is 33.8 Å². The molecule has 0 atom stereocenters. The van der Waals surface area contributed by atoms with Gasteiger partial charge >= 0.3 is 0 Å². The summed E-state index contributed by atoms with van der Waals surface area (Å²) in [7, 11) is 1.76. The molecular formula is C36H75N3O13. The zero-order chi connectivity index (χ0) is 38.9. The van der Waals surface area contributed by atoms with Crippen LogP contribution in [-0.4, -0.2) is 183 Å². The molecule has 0 heterocycles. The van der Waals surface area contributed by atoms with E-state index in [2.05, 4.69) is 5.32 Å². The van der Waals surface area contributed by atoms with Crippen molar-refractivity contribution in [2.75, 3.05) is 172 Å². The number of nitrogens with one attached hydrogen (secondary N) is 1. The minimum absolute atomic E-state index is 0.309. The lowest BCUT2D eigenvalue weighted by Gasteiger charge is -2.15. The lowest BCUT2D eigenvalue weighted by atomic mass is 10.4. The molecular weight excluding hydrogens is 682 g/mol. The molecule has 0 spiro atoms. The number of nitrogens with two attached hydrogens (primary N) is 1. The molecule has 16 heteroatoms. The highest BCUT2D eigenvalue weighted by molar-refractivity contribution is 5.64. The molecule has 0 fully saturated rings. The van der Waals surface area contributed by atoms with Crippen molar-refractivity contribution in [3.63, 3.8) is 0 Å². The first-order valence-electron chi connectivity index (χ1n) is 18.7. The first-order valence-corrected chi connectivity index (χ1v) is 18.7. The Morgan fingerprint density at radius 2 is 0.846 bits per heavy atom. The third kappa shape index (κ3) is 52.6. The van der Waals surface area contributed by atoms with E-state index < -0.39 is 0 Å². The average molecular weight is 758 g/mol. The second-order valence-electron chi connectivity index (χ2n) is 9.64. The summed E-state index contributed by atoms with van der Waals surface area (Å²) < 4.78 is 59.8. The van der Waals surface area contributed by atoms with Crippen LogP contribution >= 0.6 is 0 Å². The van der Waals surface area contributed by atoms with Crippen molar-refractivity contribution < 1.29 is 61.7 Å². The number of ether oxygens (including phenoxy) is 11. The fourth-order valence-electron chi connectivity index (χ4n) is 3.31. The summed E-state index contributed by atoms with van der Waals surface area (Å²) in [4.78, 5) is 15.6. The maximum Gasteiger partial charge on any atom is 0.142 e. The molecule has 0 aromatic rings. The Morgan fingerprint density at radius 1 is 0.538 bits per heavy atom. The third-order valence-electron chi connectivity index (χ3n) is 5.61. The fourth-order valence-corrected chi connectivity index (χ4v) is 3.31. The minimum Gasteiger partial charge on any atom is -0.400 e. The van der Waals surface area contributed by atoms with Crippen molar-refractivity contribution in [1.82, 2.24) is 10.4 Å². The maximum absolute atomic E-state index is 10.2. The number of likely N-dealkylation sites (N-methyl/N-ethyl adjacent to an activating group) is 1. The van der Waals surface area contributed by atoms with Gasteiger partial charge in [-0.15, -0.1) is 0 Å². The van der Waals surface area contributed by atoms with Crippen molar-refractivity contribution in [2.45, 2.75) is 34.6 Å². The number of rotatable bonds is 41. The molecule has 0 radical (unpaired) electrons. The van der Waals surface area contributed by atoms with E-state index in [1.54, 1.807) is 24.4 Å². The van der Waals surface area contributed by atoms with Gasteiger partial charge < -0.3 is 63.2 Å². The van der Waals surface area contributed by atoms with Crippen LogP contribution in [0.2, 0.25) is 0 Å². The van der Waals surface area contributed by atoms with E-state index in [0.29, 0.717) is 177 Å². The summed E-state index contributed by atoms with van der Waals surface area (Å²) in [5.41, 5.74) is 6.54. The second kappa shape index (κ2) is 53.6. The molecule has 0 aliphatic carbocycles. The van der Waals surface area contributed by atoms with Crippen LogP contribution in [0.4, 0.5) is 0 Å². The first-order chi connectivity index (χ1) is 25.7. The molecule has 0 aliphatic heterocycles. The summed E-state index contributed by atoms with van der Waals surface area (Å²) in [5.74, 6) is 0. The van der Waals surface area contributed by atoms with Crippen LogP contribution in [0, 0.1) is 0 Å². The molecule has 0 saturated heterocycles. The summed E-state index contributed by atoms with van der Waals surface area (Å²) in [6.45, 7) is 22.9. The van der Waals surface area contributed by atoms with Crippen molar-refractivity contribution in [1.29, 1.82) is 0 Å². The predicted octanol–water partition coefficient (Wildman–Crippen LogP) is 2.25. The quantitative estimate of drug-likeness (QED) is 0.0403. The van der Waals surface area contributed by atoms with Gasteiger partial charge in [0.2, 0.25) is 0 Å². The third-order valence-corrected chi connectivity index (χ3v) is 5.61. The molecule has 0 aromatic heterocycles. The first kappa shape index (κ1) is 54.6. The van der Waals surface area contributed by atoms with Gasteiger partial charge in [0.1, 0.15) is 6.29 Å². The van der Waals surface area contributed by atoms with Gasteiger partial charge in [0.05, 0.1) is 152 Å². The molecule has 16 nitrogen and oxygen atoms in total. The fraction of sp³-hybridized carbons (Fsp3) is 0.861. The van der Waals surface area contributed by atoms with Crippen LogP contribution in [0.3, 0.4) is 0 Å². The highest BCUT2D eigenvalue weighted by Gasteiger charge is 2.00. The van der Waals surface area contributed by atoms with Crippen LogP contribution < -0.4 is 11.1 Å². The lowest BCUT2D eigenvalue weighted by molar-refractivity contribution is -0.121. The molecule has 0 saturated carbocycles. The molecule has 3 N–H and O–H groups in total. The van der Waals surface area contributed by atoms with Crippen molar-refractivity contribution in [2.24, 2.45) is 5.73 Å². The van der Waals surface area contributed by atoms with Crippen LogP contribution in [0.1, 0.15) is 34.6 Å². The van der Waals surface area contributed by atoms with E-state index >= 15 is 0 Å². The van der Waals surface area contributed by atoms with Gasteiger partial charge in [0, 0.05) is 32.1 Å². The zero-order valence-corrected chi connectivity index (χ0v) is 33.3. The minimum atomic E-state index is 0.309. The topological polar surface area (TPSA) is 169 Å². The summed E-state index contributed by atoms with van der Waals surface area (Å²) >= 11 is 0. The van der Waals surface area contributed by atoms with E-state index in [1.165, 1.54) is 6.08 Å². The Balaban J connectivity index is -0.00000578. The van der Waals surface area contributed by atoms with Gasteiger partial charge in [-0.3, -0.25) is 9.63 Å². The monoisotopic (exact) mass is 758 g/mol. The standard InChI is InChI=1S/C32H63N3O13.2C2H6/c1-3-37-10-11-39-14-15-41-18-19-43-22-23-45-26-27-47-29-28-46-25-24-44-21-20-42-17-16-40-13-12-38-9-6-34-30-32(33)31-35(2)48-8-5-4-7-36;2*1-2/h4-5,7,30,34H,3,6,8-29,31,33H2,1-2H3;2*1-2H3/b5-4-,32-30-;;. The van der Waals surface area contributed by atoms with Crippen molar-refractivity contribution in [3.05, 3.63) is 24.0 Å². The normalized spacial score (nSPS) is 11.4. The van der Waals surface area contributed by atoms with Gasteiger partial charge in [0.15, 0.2) is 0 Å². The van der Waals surface area contributed by atoms with E-state index in [4.69, 9.17) is 62.7 Å². The van der Waals surface area contributed by atoms with Crippen LogP contribution in [-0.2, 0) is 61.7 Å². The Morgan fingerprint density at radius 3 is 1.15 bits per heavy atom. The van der Waals surface area contributed by atoms with Crippen LogP contribution in [0.25, 0.3) is 0 Å². The number of hydroxylamine groups is 2. The smallest absolute Gasteiger partial charge is 0.142 e. The average Bonchev–Trinajstić information content (AvgIpc) is 3.16. The second-order valence-corrected chi connectivity index (χ2v) is 9.64. The SMILES string of the molecule is CC.CC.CCOCCOCCOCCOCCOCCOCCOCCOCCOCCOCCOCCN/C=C(\N)CN(C)OC/C=C\C=O. The van der Waals surface area contributed by atoms with E-state index in [1.807, 2.05) is 34.6 Å². The molecule has 0 unspecified atom stereocenters. The number of hydrogen-bond acceptors (Lipinski definition) is 16. The molecule has 0 rings (SSSR count). The van der Waals surface area contributed by atoms with E-state index in [0.717, 1.165) is 0 Å². The molecule has 0 aromatic carbocycles. The highest BCUT2D eigenvalue weighted by Crippen LogP contribution is 1.91. The maximum atomic E-state index is 10.2.